The molecule has 1 heterocycles. The fraction of sp³-hybridized carbons (Fsp3) is 0.316. The van der Waals surface area contributed by atoms with Crippen LogP contribution in [0, 0.1) is 5.82 Å². The summed E-state index contributed by atoms with van der Waals surface area (Å²) in [5, 5.41) is 2.83. The third-order valence-electron chi connectivity index (χ3n) is 4.39. The van der Waals surface area contributed by atoms with E-state index in [1.54, 1.807) is 11.0 Å². The lowest BCUT2D eigenvalue weighted by Gasteiger charge is -2.34. The summed E-state index contributed by atoms with van der Waals surface area (Å²) in [6.07, 6.45) is 1.02. The number of nitrogens with zero attached hydrogens (tertiary/aromatic N) is 2. The number of amides is 2. The van der Waals surface area contributed by atoms with E-state index in [0.717, 1.165) is 26.1 Å². The number of halogens is 2. The third-order valence-corrected chi connectivity index (χ3v) is 5.05. The molecular formula is C19H21BrFN3O. The summed E-state index contributed by atoms with van der Waals surface area (Å²) >= 11 is 3.27. The van der Waals surface area contributed by atoms with Gasteiger partial charge in [-0.1, -0.05) is 30.3 Å². The summed E-state index contributed by atoms with van der Waals surface area (Å²) in [5.41, 5.74) is 1.92. The highest BCUT2D eigenvalue weighted by Crippen LogP contribution is 2.23. The Morgan fingerprint density at radius 2 is 1.80 bits per heavy atom. The molecule has 0 saturated carbocycles. The monoisotopic (exact) mass is 405 g/mol. The summed E-state index contributed by atoms with van der Waals surface area (Å²) < 4.78 is 13.7. The molecule has 0 bridgehead atoms. The molecule has 2 amide bonds. The SMILES string of the molecule is O=C(Nc1ccc(F)cc1Br)N1CCN(CCc2ccccc2)CC1. The smallest absolute Gasteiger partial charge is 0.321 e. The zero-order chi connectivity index (χ0) is 17.6. The summed E-state index contributed by atoms with van der Waals surface area (Å²) in [6.45, 7) is 4.12. The predicted molar refractivity (Wildman–Crippen MR) is 101 cm³/mol. The number of rotatable bonds is 4. The van der Waals surface area contributed by atoms with Crippen LogP contribution in [-0.2, 0) is 6.42 Å². The van der Waals surface area contributed by atoms with Crippen molar-refractivity contribution in [3.8, 4) is 0 Å². The number of urea groups is 1. The maximum absolute atomic E-state index is 13.1. The first-order valence-electron chi connectivity index (χ1n) is 8.39. The molecule has 6 heteroatoms. The van der Waals surface area contributed by atoms with E-state index < -0.39 is 0 Å². The van der Waals surface area contributed by atoms with E-state index in [1.807, 2.05) is 6.07 Å². The van der Waals surface area contributed by atoms with Crippen molar-refractivity contribution < 1.29 is 9.18 Å². The van der Waals surface area contributed by atoms with Crippen molar-refractivity contribution in [2.24, 2.45) is 0 Å². The van der Waals surface area contributed by atoms with Crippen LogP contribution in [0.5, 0.6) is 0 Å². The van der Waals surface area contributed by atoms with Gasteiger partial charge in [-0.3, -0.25) is 4.90 Å². The van der Waals surface area contributed by atoms with E-state index in [4.69, 9.17) is 0 Å². The van der Waals surface area contributed by atoms with Gasteiger partial charge in [0, 0.05) is 37.2 Å². The van der Waals surface area contributed by atoms with Gasteiger partial charge in [0.2, 0.25) is 0 Å². The number of nitrogens with one attached hydrogen (secondary N) is 1. The highest BCUT2D eigenvalue weighted by atomic mass is 79.9. The molecule has 0 unspecified atom stereocenters. The van der Waals surface area contributed by atoms with Crippen LogP contribution >= 0.6 is 15.9 Å². The van der Waals surface area contributed by atoms with E-state index >= 15 is 0 Å². The predicted octanol–water partition coefficient (Wildman–Crippen LogP) is 3.98. The molecule has 132 valence electrons. The number of piperazine rings is 1. The van der Waals surface area contributed by atoms with Crippen LogP contribution in [0.2, 0.25) is 0 Å². The number of anilines is 1. The Labute approximate surface area is 155 Å². The molecule has 0 spiro atoms. The summed E-state index contributed by atoms with van der Waals surface area (Å²) in [6, 6.07) is 14.5. The molecule has 0 aromatic heterocycles. The van der Waals surface area contributed by atoms with Gasteiger partial charge >= 0.3 is 6.03 Å². The molecule has 1 aliphatic rings. The Bertz CT molecular complexity index is 718. The van der Waals surface area contributed by atoms with E-state index in [-0.39, 0.29) is 11.8 Å². The van der Waals surface area contributed by atoms with Gasteiger partial charge in [0.25, 0.3) is 0 Å². The molecule has 4 nitrogen and oxygen atoms in total. The molecule has 1 fully saturated rings. The van der Waals surface area contributed by atoms with Crippen LogP contribution in [0.15, 0.2) is 53.0 Å². The minimum absolute atomic E-state index is 0.144. The summed E-state index contributed by atoms with van der Waals surface area (Å²) in [5.74, 6) is -0.336. The summed E-state index contributed by atoms with van der Waals surface area (Å²) in [4.78, 5) is 16.6. The zero-order valence-electron chi connectivity index (χ0n) is 13.9. The van der Waals surface area contributed by atoms with Crippen molar-refractivity contribution in [1.29, 1.82) is 0 Å². The average molecular weight is 406 g/mol. The Hall–Kier alpha value is -1.92. The lowest BCUT2D eigenvalue weighted by molar-refractivity contribution is 0.148. The molecule has 0 atom stereocenters. The van der Waals surface area contributed by atoms with E-state index in [1.165, 1.54) is 17.7 Å². The van der Waals surface area contributed by atoms with Crippen molar-refractivity contribution in [2.75, 3.05) is 38.0 Å². The summed E-state index contributed by atoms with van der Waals surface area (Å²) in [7, 11) is 0. The quantitative estimate of drug-likeness (QED) is 0.834. The maximum Gasteiger partial charge on any atom is 0.321 e. The Morgan fingerprint density at radius 1 is 1.08 bits per heavy atom. The molecule has 2 aromatic rings. The lowest BCUT2D eigenvalue weighted by Crippen LogP contribution is -2.50. The van der Waals surface area contributed by atoms with Crippen LogP contribution in [0.1, 0.15) is 5.56 Å². The normalized spacial score (nSPS) is 15.2. The average Bonchev–Trinajstić information content (AvgIpc) is 2.63. The first kappa shape index (κ1) is 17.9. The van der Waals surface area contributed by atoms with Crippen molar-refractivity contribution in [3.63, 3.8) is 0 Å². The van der Waals surface area contributed by atoms with Gasteiger partial charge in [-0.25, -0.2) is 9.18 Å². The second-order valence-corrected chi connectivity index (χ2v) is 6.97. The van der Waals surface area contributed by atoms with Crippen LogP contribution in [0.4, 0.5) is 14.9 Å². The molecule has 1 N–H and O–H groups in total. The second kappa shape index (κ2) is 8.45. The van der Waals surface area contributed by atoms with Gasteiger partial charge in [-0.2, -0.15) is 0 Å². The third kappa shape index (κ3) is 5.03. The number of carbonyl (C=O) groups excluding carboxylic acids is 1. The van der Waals surface area contributed by atoms with Crippen molar-refractivity contribution in [2.45, 2.75) is 6.42 Å². The van der Waals surface area contributed by atoms with Gasteiger partial charge in [-0.05, 0) is 46.1 Å². The minimum Gasteiger partial charge on any atom is -0.322 e. The second-order valence-electron chi connectivity index (χ2n) is 6.12. The Balaban J connectivity index is 1.46. The fourth-order valence-electron chi connectivity index (χ4n) is 2.89. The number of hydrogen-bond donors (Lipinski definition) is 1. The first-order valence-corrected chi connectivity index (χ1v) is 9.18. The number of carbonyl (C=O) groups is 1. The van der Waals surface area contributed by atoms with Crippen LogP contribution < -0.4 is 5.32 Å². The van der Waals surface area contributed by atoms with E-state index in [0.29, 0.717) is 23.2 Å². The van der Waals surface area contributed by atoms with Crippen molar-refractivity contribution >= 4 is 27.6 Å². The maximum atomic E-state index is 13.1. The lowest BCUT2D eigenvalue weighted by atomic mass is 10.1. The van der Waals surface area contributed by atoms with Crippen LogP contribution in [-0.4, -0.2) is 48.6 Å². The molecule has 25 heavy (non-hydrogen) atoms. The standard InChI is InChI=1S/C19H21BrFN3O/c20-17-14-16(21)6-7-18(17)22-19(25)24-12-10-23(11-13-24)9-8-15-4-2-1-3-5-15/h1-7,14H,8-13H2,(H,22,25). The molecule has 1 saturated heterocycles. The molecule has 2 aromatic carbocycles. The van der Waals surface area contributed by atoms with Gasteiger partial charge in [-0.15, -0.1) is 0 Å². The van der Waals surface area contributed by atoms with E-state index in [2.05, 4.69) is 50.4 Å². The Kier molecular flexibility index (Phi) is 6.04. The first-order chi connectivity index (χ1) is 12.1. The molecule has 1 aliphatic heterocycles. The molecule has 0 radical (unpaired) electrons. The number of hydrogen-bond acceptors (Lipinski definition) is 2. The highest BCUT2D eigenvalue weighted by Gasteiger charge is 2.21. The van der Waals surface area contributed by atoms with Gasteiger partial charge in [0.1, 0.15) is 5.82 Å². The molecular weight excluding hydrogens is 385 g/mol. The highest BCUT2D eigenvalue weighted by molar-refractivity contribution is 9.10. The van der Waals surface area contributed by atoms with Crippen LogP contribution in [0.25, 0.3) is 0 Å². The van der Waals surface area contributed by atoms with E-state index in [9.17, 15) is 9.18 Å². The van der Waals surface area contributed by atoms with Gasteiger partial charge in [0.15, 0.2) is 0 Å². The van der Waals surface area contributed by atoms with Crippen molar-refractivity contribution in [3.05, 3.63) is 64.4 Å². The Morgan fingerprint density at radius 3 is 2.48 bits per heavy atom. The zero-order valence-corrected chi connectivity index (χ0v) is 15.5. The molecule has 0 aliphatic carbocycles. The minimum atomic E-state index is -0.336. The topological polar surface area (TPSA) is 35.6 Å². The van der Waals surface area contributed by atoms with Gasteiger partial charge in [0.05, 0.1) is 5.69 Å². The van der Waals surface area contributed by atoms with Crippen LogP contribution in [0.3, 0.4) is 0 Å². The number of benzene rings is 2. The fourth-order valence-corrected chi connectivity index (χ4v) is 3.34. The van der Waals surface area contributed by atoms with Gasteiger partial charge < -0.3 is 10.2 Å². The molecule has 3 rings (SSSR count). The van der Waals surface area contributed by atoms with Crippen molar-refractivity contribution in [1.82, 2.24) is 9.80 Å². The largest absolute Gasteiger partial charge is 0.322 e.